The van der Waals surface area contributed by atoms with Gasteiger partial charge in [0.1, 0.15) is 11.6 Å². The predicted molar refractivity (Wildman–Crippen MR) is 85.2 cm³/mol. The Hall–Kier alpha value is -1.36. The van der Waals surface area contributed by atoms with E-state index in [0.29, 0.717) is 23.6 Å². The third-order valence-electron chi connectivity index (χ3n) is 3.06. The molecule has 0 radical (unpaired) electrons. The molecule has 1 aromatic heterocycles. The van der Waals surface area contributed by atoms with Crippen molar-refractivity contribution in [1.82, 2.24) is 4.98 Å². The van der Waals surface area contributed by atoms with Crippen LogP contribution in [0.1, 0.15) is 5.56 Å². The summed E-state index contributed by atoms with van der Waals surface area (Å²) in [7, 11) is 0. The van der Waals surface area contributed by atoms with Crippen LogP contribution >= 0.6 is 34.5 Å². The molecule has 6 heteroatoms. The van der Waals surface area contributed by atoms with Crippen LogP contribution in [0.25, 0.3) is 10.2 Å². The Bertz CT molecular complexity index is 790. The number of benzene rings is 2. The molecule has 0 fully saturated rings. The molecule has 0 unspecified atom stereocenters. The first-order valence-electron chi connectivity index (χ1n) is 6.23. The molecule has 0 atom stereocenters. The highest BCUT2D eigenvalue weighted by molar-refractivity contribution is 7.16. The zero-order valence-electron chi connectivity index (χ0n) is 10.8. The molecule has 0 aliphatic heterocycles. The first-order valence-corrected chi connectivity index (χ1v) is 7.87. The van der Waals surface area contributed by atoms with E-state index in [-0.39, 0.29) is 5.02 Å². The van der Waals surface area contributed by atoms with Gasteiger partial charge in [0.2, 0.25) is 0 Å². The molecule has 108 valence electrons. The molecule has 0 bridgehead atoms. The normalized spacial score (nSPS) is 11.0. The predicted octanol–water partition coefficient (Wildman–Crippen LogP) is 5.36. The molecule has 21 heavy (non-hydrogen) atoms. The van der Waals surface area contributed by atoms with Gasteiger partial charge in [0, 0.05) is 11.4 Å². The highest BCUT2D eigenvalue weighted by Crippen LogP contribution is 2.28. The average molecular weight is 342 g/mol. The maximum Gasteiger partial charge on any atom is 0.142 e. The van der Waals surface area contributed by atoms with Crippen LogP contribution in [0.3, 0.4) is 0 Å². The van der Waals surface area contributed by atoms with E-state index < -0.39 is 5.82 Å². The van der Waals surface area contributed by atoms with E-state index in [0.717, 1.165) is 16.0 Å². The van der Waals surface area contributed by atoms with Crippen molar-refractivity contribution in [2.45, 2.75) is 6.42 Å². The number of rotatable bonds is 4. The van der Waals surface area contributed by atoms with Gasteiger partial charge < -0.3 is 4.74 Å². The molecular weight excluding hydrogens is 332 g/mol. The lowest BCUT2D eigenvalue weighted by Crippen LogP contribution is -2.03. The SMILES string of the molecule is Fc1ccc(Cl)c(CCOc2ccc3ncsc3c2)c1Cl. The summed E-state index contributed by atoms with van der Waals surface area (Å²) in [5.74, 6) is 0.276. The molecule has 1 heterocycles. The van der Waals surface area contributed by atoms with Crippen LogP contribution in [0.5, 0.6) is 5.75 Å². The Morgan fingerprint density at radius 3 is 2.90 bits per heavy atom. The maximum atomic E-state index is 13.4. The van der Waals surface area contributed by atoms with E-state index in [4.69, 9.17) is 27.9 Å². The summed E-state index contributed by atoms with van der Waals surface area (Å²) in [5.41, 5.74) is 3.31. The molecule has 0 saturated heterocycles. The van der Waals surface area contributed by atoms with Crippen molar-refractivity contribution in [3.8, 4) is 5.75 Å². The van der Waals surface area contributed by atoms with Gasteiger partial charge in [0.15, 0.2) is 0 Å². The second-order valence-electron chi connectivity index (χ2n) is 4.40. The van der Waals surface area contributed by atoms with E-state index in [2.05, 4.69) is 4.98 Å². The number of hydrogen-bond acceptors (Lipinski definition) is 3. The topological polar surface area (TPSA) is 22.1 Å². The number of thiazole rings is 1. The summed E-state index contributed by atoms with van der Waals surface area (Å²) in [4.78, 5) is 4.21. The minimum Gasteiger partial charge on any atom is -0.493 e. The van der Waals surface area contributed by atoms with Crippen LogP contribution in [0.2, 0.25) is 10.0 Å². The van der Waals surface area contributed by atoms with Crippen molar-refractivity contribution >= 4 is 44.8 Å². The maximum absolute atomic E-state index is 13.4. The van der Waals surface area contributed by atoms with Crippen LogP contribution in [0.15, 0.2) is 35.8 Å². The second kappa shape index (κ2) is 6.18. The number of fused-ring (bicyclic) bond motifs is 1. The zero-order chi connectivity index (χ0) is 14.8. The molecule has 3 aromatic rings. The van der Waals surface area contributed by atoms with Crippen molar-refractivity contribution in [2.24, 2.45) is 0 Å². The lowest BCUT2D eigenvalue weighted by molar-refractivity contribution is 0.322. The van der Waals surface area contributed by atoms with Crippen molar-refractivity contribution in [2.75, 3.05) is 6.61 Å². The summed E-state index contributed by atoms with van der Waals surface area (Å²) in [6, 6.07) is 8.45. The molecule has 0 N–H and O–H groups in total. The van der Waals surface area contributed by atoms with E-state index in [1.54, 1.807) is 16.8 Å². The van der Waals surface area contributed by atoms with Crippen LogP contribution in [-0.4, -0.2) is 11.6 Å². The highest BCUT2D eigenvalue weighted by atomic mass is 35.5. The Morgan fingerprint density at radius 1 is 1.19 bits per heavy atom. The standard InChI is InChI=1S/C15H10Cl2FNOS/c16-11-2-3-12(18)15(17)10(11)5-6-20-9-1-4-13-14(7-9)21-8-19-13/h1-4,7-8H,5-6H2. The average Bonchev–Trinajstić information content (AvgIpc) is 2.94. The summed E-state index contributed by atoms with van der Waals surface area (Å²) >= 11 is 13.5. The van der Waals surface area contributed by atoms with Crippen LogP contribution < -0.4 is 4.74 Å². The smallest absolute Gasteiger partial charge is 0.142 e. The van der Waals surface area contributed by atoms with Crippen LogP contribution in [-0.2, 0) is 6.42 Å². The summed E-state index contributed by atoms with van der Waals surface area (Å²) in [6.45, 7) is 0.368. The fraction of sp³-hybridized carbons (Fsp3) is 0.133. The van der Waals surface area contributed by atoms with E-state index in [1.807, 2.05) is 18.2 Å². The third kappa shape index (κ3) is 3.12. The molecule has 2 aromatic carbocycles. The molecule has 2 nitrogen and oxygen atoms in total. The van der Waals surface area contributed by atoms with Gasteiger partial charge in [0.25, 0.3) is 0 Å². The van der Waals surface area contributed by atoms with Crippen molar-refractivity contribution < 1.29 is 9.13 Å². The summed E-state index contributed by atoms with van der Waals surface area (Å²) in [5, 5.41) is 0.506. The number of nitrogens with zero attached hydrogens (tertiary/aromatic N) is 1. The fourth-order valence-electron chi connectivity index (χ4n) is 1.99. The van der Waals surface area contributed by atoms with E-state index in [1.165, 1.54) is 12.1 Å². The number of ether oxygens (including phenoxy) is 1. The molecule has 0 aliphatic rings. The van der Waals surface area contributed by atoms with Gasteiger partial charge in [-0.3, -0.25) is 0 Å². The van der Waals surface area contributed by atoms with Gasteiger partial charge in [-0.25, -0.2) is 9.37 Å². The summed E-state index contributed by atoms with van der Waals surface area (Å²) < 4.78 is 20.2. The Balaban J connectivity index is 1.70. The minimum atomic E-state index is -0.470. The highest BCUT2D eigenvalue weighted by Gasteiger charge is 2.11. The lowest BCUT2D eigenvalue weighted by Gasteiger charge is -2.09. The van der Waals surface area contributed by atoms with Gasteiger partial charge >= 0.3 is 0 Å². The second-order valence-corrected chi connectivity index (χ2v) is 6.07. The Labute approximate surface area is 135 Å². The first kappa shape index (κ1) is 14.6. The minimum absolute atomic E-state index is 0.0593. The molecule has 3 rings (SSSR count). The Kier molecular flexibility index (Phi) is 4.29. The van der Waals surface area contributed by atoms with Crippen molar-refractivity contribution in [3.05, 3.63) is 57.3 Å². The zero-order valence-corrected chi connectivity index (χ0v) is 13.1. The largest absolute Gasteiger partial charge is 0.493 e. The number of aromatic nitrogens is 1. The lowest BCUT2D eigenvalue weighted by atomic mass is 10.1. The van der Waals surface area contributed by atoms with Crippen LogP contribution in [0, 0.1) is 5.82 Å². The van der Waals surface area contributed by atoms with Crippen molar-refractivity contribution in [1.29, 1.82) is 0 Å². The summed E-state index contributed by atoms with van der Waals surface area (Å²) in [6.07, 6.45) is 0.441. The van der Waals surface area contributed by atoms with Gasteiger partial charge in [0.05, 0.1) is 27.4 Å². The first-order chi connectivity index (χ1) is 10.1. The van der Waals surface area contributed by atoms with Crippen molar-refractivity contribution in [3.63, 3.8) is 0 Å². The molecule has 0 amide bonds. The molecule has 0 saturated carbocycles. The van der Waals surface area contributed by atoms with Gasteiger partial charge in [-0.1, -0.05) is 23.2 Å². The molecular formula is C15H10Cl2FNOS. The van der Waals surface area contributed by atoms with E-state index >= 15 is 0 Å². The van der Waals surface area contributed by atoms with Gasteiger partial charge in [-0.2, -0.15) is 0 Å². The van der Waals surface area contributed by atoms with E-state index in [9.17, 15) is 4.39 Å². The fourth-order valence-corrected chi connectivity index (χ4v) is 3.26. The number of hydrogen-bond donors (Lipinski definition) is 0. The number of halogens is 3. The Morgan fingerprint density at radius 2 is 2.05 bits per heavy atom. The monoisotopic (exact) mass is 341 g/mol. The van der Waals surface area contributed by atoms with Gasteiger partial charge in [-0.15, -0.1) is 11.3 Å². The van der Waals surface area contributed by atoms with Gasteiger partial charge in [-0.05, 0) is 35.9 Å². The van der Waals surface area contributed by atoms with Crippen LogP contribution in [0.4, 0.5) is 4.39 Å². The molecule has 0 spiro atoms. The third-order valence-corrected chi connectivity index (χ3v) is 4.62. The quantitative estimate of drug-likeness (QED) is 0.595. The molecule has 0 aliphatic carbocycles.